The first-order chi connectivity index (χ1) is 9.61. The van der Waals surface area contributed by atoms with E-state index in [-0.39, 0.29) is 5.91 Å². The quantitative estimate of drug-likeness (QED) is 0.722. The van der Waals surface area contributed by atoms with Crippen molar-refractivity contribution in [3.8, 4) is 5.88 Å². The van der Waals surface area contributed by atoms with Crippen LogP contribution >= 0.6 is 0 Å². The molecule has 20 heavy (non-hydrogen) atoms. The van der Waals surface area contributed by atoms with Crippen LogP contribution in [-0.2, 0) is 4.79 Å². The van der Waals surface area contributed by atoms with Gasteiger partial charge in [0.05, 0.1) is 6.61 Å². The summed E-state index contributed by atoms with van der Waals surface area (Å²) in [7, 11) is 0. The van der Waals surface area contributed by atoms with Gasteiger partial charge in [-0.3, -0.25) is 4.79 Å². The summed E-state index contributed by atoms with van der Waals surface area (Å²) in [4.78, 5) is 19.8. The van der Waals surface area contributed by atoms with Gasteiger partial charge >= 0.3 is 0 Å². The van der Waals surface area contributed by atoms with Crippen LogP contribution in [0.5, 0.6) is 5.88 Å². The van der Waals surface area contributed by atoms with Gasteiger partial charge in [0.2, 0.25) is 17.7 Å². The maximum Gasteiger partial charge on any atom is 0.225 e. The molecule has 0 saturated heterocycles. The molecule has 0 saturated carbocycles. The number of hydrogen-bond donors (Lipinski definition) is 2. The molecule has 1 rings (SSSR count). The maximum absolute atomic E-state index is 11.5. The van der Waals surface area contributed by atoms with Crippen LogP contribution in [0, 0.1) is 5.92 Å². The summed E-state index contributed by atoms with van der Waals surface area (Å²) < 4.78 is 5.42. The molecule has 112 valence electrons. The van der Waals surface area contributed by atoms with Crippen molar-refractivity contribution < 1.29 is 9.53 Å². The van der Waals surface area contributed by atoms with E-state index in [0.717, 1.165) is 6.42 Å². The van der Waals surface area contributed by atoms with Crippen LogP contribution in [0.1, 0.15) is 33.6 Å². The van der Waals surface area contributed by atoms with Crippen LogP contribution in [0.4, 0.5) is 5.95 Å². The zero-order chi connectivity index (χ0) is 14.8. The highest BCUT2D eigenvalue weighted by Crippen LogP contribution is 2.08. The first kappa shape index (κ1) is 16.2. The van der Waals surface area contributed by atoms with Gasteiger partial charge in [0.25, 0.3) is 0 Å². The molecule has 2 N–H and O–H groups in total. The van der Waals surface area contributed by atoms with Crippen molar-refractivity contribution in [3.05, 3.63) is 12.3 Å². The molecular formula is C14H24N4O2. The number of ether oxygens (including phenoxy) is 1. The number of aromatic nitrogens is 2. The van der Waals surface area contributed by atoms with Crippen LogP contribution in [0.3, 0.4) is 0 Å². The van der Waals surface area contributed by atoms with Crippen LogP contribution in [0.25, 0.3) is 0 Å². The molecule has 1 heterocycles. The van der Waals surface area contributed by atoms with Crippen LogP contribution < -0.4 is 15.4 Å². The highest BCUT2D eigenvalue weighted by atomic mass is 16.5. The number of nitrogens with zero attached hydrogens (tertiary/aromatic N) is 2. The monoisotopic (exact) mass is 280 g/mol. The van der Waals surface area contributed by atoms with Gasteiger partial charge in [-0.15, -0.1) is 0 Å². The fraction of sp³-hybridized carbons (Fsp3) is 0.643. The Balaban J connectivity index is 2.29. The summed E-state index contributed by atoms with van der Waals surface area (Å²) in [5.41, 5.74) is 0. The Hall–Kier alpha value is -1.85. The molecule has 0 aromatic carbocycles. The normalized spacial score (nSPS) is 10.4. The average molecular weight is 280 g/mol. The molecule has 0 fully saturated rings. The third-order valence-electron chi connectivity index (χ3n) is 2.43. The van der Waals surface area contributed by atoms with Gasteiger partial charge in [0.1, 0.15) is 0 Å². The molecule has 0 spiro atoms. The van der Waals surface area contributed by atoms with Gasteiger partial charge in [-0.1, -0.05) is 20.8 Å². The number of amides is 1. The van der Waals surface area contributed by atoms with E-state index in [1.165, 1.54) is 0 Å². The Morgan fingerprint density at radius 3 is 2.95 bits per heavy atom. The second kappa shape index (κ2) is 9.12. The maximum atomic E-state index is 11.5. The number of hydrogen-bond acceptors (Lipinski definition) is 5. The molecule has 0 aliphatic heterocycles. The van der Waals surface area contributed by atoms with Crippen molar-refractivity contribution in [1.82, 2.24) is 15.3 Å². The van der Waals surface area contributed by atoms with E-state index >= 15 is 0 Å². The fourth-order valence-electron chi connectivity index (χ4n) is 1.41. The SMILES string of the molecule is CCCOc1ccnc(NCCC(=O)NCC(C)C)n1. The predicted molar refractivity (Wildman–Crippen MR) is 78.8 cm³/mol. The smallest absolute Gasteiger partial charge is 0.225 e. The van der Waals surface area contributed by atoms with Crippen LogP contribution in [0.2, 0.25) is 0 Å². The van der Waals surface area contributed by atoms with Crippen molar-refractivity contribution >= 4 is 11.9 Å². The Morgan fingerprint density at radius 1 is 1.45 bits per heavy atom. The molecule has 0 bridgehead atoms. The summed E-state index contributed by atoms with van der Waals surface area (Å²) >= 11 is 0. The Kier molecular flexibility index (Phi) is 7.39. The standard InChI is InChI=1S/C14H24N4O2/c1-4-9-20-13-6-8-16-14(18-13)15-7-5-12(19)17-10-11(2)3/h6,8,11H,4-5,7,9-10H2,1-3H3,(H,17,19)(H,15,16,18). The van der Waals surface area contributed by atoms with Crippen molar-refractivity contribution in [3.63, 3.8) is 0 Å². The van der Waals surface area contributed by atoms with Crippen LogP contribution in [-0.4, -0.2) is 35.6 Å². The number of carbonyl (C=O) groups is 1. The zero-order valence-corrected chi connectivity index (χ0v) is 12.5. The molecule has 0 aliphatic rings. The summed E-state index contributed by atoms with van der Waals surface area (Å²) in [5.74, 6) is 1.52. The number of carbonyl (C=O) groups excluding carboxylic acids is 1. The summed E-state index contributed by atoms with van der Waals surface area (Å²) in [6.07, 6.45) is 2.97. The zero-order valence-electron chi connectivity index (χ0n) is 12.5. The van der Waals surface area contributed by atoms with Gasteiger partial charge in [0.15, 0.2) is 0 Å². The first-order valence-corrected chi connectivity index (χ1v) is 7.08. The highest BCUT2D eigenvalue weighted by molar-refractivity contribution is 5.76. The van der Waals surface area contributed by atoms with E-state index in [2.05, 4.69) is 34.4 Å². The van der Waals surface area contributed by atoms with E-state index in [0.29, 0.717) is 43.9 Å². The minimum atomic E-state index is 0.0320. The molecule has 0 unspecified atom stereocenters. The minimum absolute atomic E-state index is 0.0320. The van der Waals surface area contributed by atoms with Gasteiger partial charge in [-0.05, 0) is 12.3 Å². The van der Waals surface area contributed by atoms with Crippen LogP contribution in [0.15, 0.2) is 12.3 Å². The minimum Gasteiger partial charge on any atom is -0.478 e. The van der Waals surface area contributed by atoms with Crippen molar-refractivity contribution in [2.45, 2.75) is 33.6 Å². The Labute approximate surface area is 120 Å². The fourth-order valence-corrected chi connectivity index (χ4v) is 1.41. The summed E-state index contributed by atoms with van der Waals surface area (Å²) in [6.45, 7) is 8.00. The van der Waals surface area contributed by atoms with Crippen molar-refractivity contribution in [1.29, 1.82) is 0 Å². The molecule has 1 aromatic heterocycles. The van der Waals surface area contributed by atoms with E-state index in [9.17, 15) is 4.79 Å². The number of anilines is 1. The average Bonchev–Trinajstić information content (AvgIpc) is 2.43. The van der Waals surface area contributed by atoms with Crippen molar-refractivity contribution in [2.24, 2.45) is 5.92 Å². The predicted octanol–water partition coefficient (Wildman–Crippen LogP) is 1.84. The molecule has 6 nitrogen and oxygen atoms in total. The highest BCUT2D eigenvalue weighted by Gasteiger charge is 2.03. The van der Waals surface area contributed by atoms with Gasteiger partial charge < -0.3 is 15.4 Å². The van der Waals surface area contributed by atoms with Crippen molar-refractivity contribution in [2.75, 3.05) is 25.0 Å². The van der Waals surface area contributed by atoms with E-state index in [4.69, 9.17) is 4.74 Å². The first-order valence-electron chi connectivity index (χ1n) is 7.08. The lowest BCUT2D eigenvalue weighted by atomic mass is 10.2. The number of nitrogens with one attached hydrogen (secondary N) is 2. The molecular weight excluding hydrogens is 256 g/mol. The third-order valence-corrected chi connectivity index (χ3v) is 2.43. The lowest BCUT2D eigenvalue weighted by Crippen LogP contribution is -2.28. The lowest BCUT2D eigenvalue weighted by molar-refractivity contribution is -0.120. The Bertz CT molecular complexity index is 410. The molecule has 1 amide bonds. The van der Waals surface area contributed by atoms with E-state index in [1.54, 1.807) is 12.3 Å². The lowest BCUT2D eigenvalue weighted by Gasteiger charge is -2.09. The summed E-state index contributed by atoms with van der Waals surface area (Å²) in [5, 5.41) is 5.88. The second-order valence-electron chi connectivity index (χ2n) is 4.94. The topological polar surface area (TPSA) is 76.1 Å². The second-order valence-corrected chi connectivity index (χ2v) is 4.94. The van der Waals surface area contributed by atoms with Gasteiger partial charge in [-0.25, -0.2) is 4.98 Å². The molecule has 6 heteroatoms. The largest absolute Gasteiger partial charge is 0.478 e. The molecule has 0 atom stereocenters. The third kappa shape index (κ3) is 6.92. The van der Waals surface area contributed by atoms with Gasteiger partial charge in [0, 0.05) is 31.8 Å². The Morgan fingerprint density at radius 2 is 2.25 bits per heavy atom. The van der Waals surface area contributed by atoms with E-state index < -0.39 is 0 Å². The summed E-state index contributed by atoms with van der Waals surface area (Å²) in [6, 6.07) is 1.72. The van der Waals surface area contributed by atoms with Gasteiger partial charge in [-0.2, -0.15) is 4.98 Å². The van der Waals surface area contributed by atoms with E-state index in [1.807, 2.05) is 6.92 Å². The molecule has 0 radical (unpaired) electrons. The molecule has 1 aromatic rings. The molecule has 0 aliphatic carbocycles. The number of rotatable bonds is 9.